The fourth-order valence-electron chi connectivity index (χ4n) is 4.04. The van der Waals surface area contributed by atoms with Crippen LogP contribution in [-0.4, -0.2) is 55.7 Å². The molecular weight excluding hydrogens is 510 g/mol. The monoisotopic (exact) mass is 530 g/mol. The van der Waals surface area contributed by atoms with Crippen LogP contribution in [0.1, 0.15) is 31.8 Å². The van der Waals surface area contributed by atoms with Gasteiger partial charge in [0.05, 0.1) is 0 Å². The number of carbonyl (C=O) groups is 2. The molecule has 0 saturated carbocycles. The summed E-state index contributed by atoms with van der Waals surface area (Å²) in [6.45, 7) is 0. The quantitative estimate of drug-likeness (QED) is 0.455. The third-order valence-electron chi connectivity index (χ3n) is 5.39. The molecule has 0 spiro atoms. The van der Waals surface area contributed by atoms with Crippen LogP contribution < -0.4 is 27.3 Å². The van der Waals surface area contributed by atoms with Crippen molar-refractivity contribution >= 4 is 59.3 Å². The average Bonchev–Trinajstić information content (AvgIpc) is 3.00. The Morgan fingerprint density at radius 1 is 0.667 bits per heavy atom. The molecule has 0 atom stereocenters. The molecule has 0 radical (unpaired) electrons. The fraction of sp³-hybridized carbons (Fsp3) is 0.167. The van der Waals surface area contributed by atoms with Crippen molar-refractivity contribution in [1.82, 2.24) is 0 Å². The number of rotatable bonds is 2. The second-order valence-corrected chi connectivity index (χ2v) is 11.5. The SMILES string of the molecule is COc1c2c(c(OC)c3c1CC(=O)c1ccccc1[Se]3)[Se]c1ccccc1C(=O)C2. The summed E-state index contributed by atoms with van der Waals surface area (Å²) in [6, 6.07) is 15.6. The zero-order chi connectivity index (χ0) is 20.8. The first-order valence-corrected chi connectivity index (χ1v) is 12.9. The standard InChI is InChI=1S/C24H18O4Se2/c1-27-21-15-11-17(25)13-7-3-5-9-19(13)29-23(15)22(28-2)24-16(21)12-18(26)14-8-4-6-10-20(14)30-24/h3-10H,11-12H2,1-2H3. The van der Waals surface area contributed by atoms with Gasteiger partial charge in [-0.3, -0.25) is 0 Å². The molecule has 2 aliphatic heterocycles. The van der Waals surface area contributed by atoms with Gasteiger partial charge in [-0.2, -0.15) is 0 Å². The average molecular weight is 528 g/mol. The molecule has 0 aromatic heterocycles. The van der Waals surface area contributed by atoms with Gasteiger partial charge in [0.1, 0.15) is 0 Å². The molecule has 2 heterocycles. The van der Waals surface area contributed by atoms with E-state index >= 15 is 0 Å². The summed E-state index contributed by atoms with van der Waals surface area (Å²) >= 11 is -0.199. The summed E-state index contributed by atoms with van der Waals surface area (Å²) in [4.78, 5) is 26.1. The van der Waals surface area contributed by atoms with Crippen LogP contribution in [0, 0.1) is 0 Å². The van der Waals surface area contributed by atoms with Gasteiger partial charge in [0, 0.05) is 0 Å². The third-order valence-corrected chi connectivity index (χ3v) is 10.5. The Morgan fingerprint density at radius 2 is 1.10 bits per heavy atom. The van der Waals surface area contributed by atoms with Gasteiger partial charge in [-0.1, -0.05) is 0 Å². The van der Waals surface area contributed by atoms with Crippen molar-refractivity contribution in [1.29, 1.82) is 0 Å². The number of carbonyl (C=O) groups excluding carboxylic acids is 2. The van der Waals surface area contributed by atoms with Gasteiger partial charge in [0.2, 0.25) is 0 Å². The molecule has 0 amide bonds. The van der Waals surface area contributed by atoms with Crippen molar-refractivity contribution in [2.45, 2.75) is 12.8 Å². The number of hydrogen-bond donors (Lipinski definition) is 0. The molecule has 150 valence electrons. The first-order valence-electron chi connectivity index (χ1n) is 9.52. The maximum absolute atomic E-state index is 13.1. The molecule has 2 aliphatic rings. The van der Waals surface area contributed by atoms with Crippen LogP contribution in [0.25, 0.3) is 0 Å². The molecule has 5 rings (SSSR count). The molecule has 3 aromatic carbocycles. The van der Waals surface area contributed by atoms with E-state index < -0.39 is 0 Å². The number of benzene rings is 3. The molecule has 0 aliphatic carbocycles. The topological polar surface area (TPSA) is 52.6 Å². The summed E-state index contributed by atoms with van der Waals surface area (Å²) in [7, 11) is 3.32. The third kappa shape index (κ3) is 3.03. The Kier molecular flexibility index (Phi) is 5.04. The summed E-state index contributed by atoms with van der Waals surface area (Å²) in [6.07, 6.45) is 0.518. The van der Waals surface area contributed by atoms with E-state index in [9.17, 15) is 9.59 Å². The van der Waals surface area contributed by atoms with E-state index in [1.807, 2.05) is 48.5 Å². The first-order chi connectivity index (χ1) is 14.6. The summed E-state index contributed by atoms with van der Waals surface area (Å²) < 4.78 is 16.1. The zero-order valence-electron chi connectivity index (χ0n) is 16.5. The summed E-state index contributed by atoms with van der Waals surface area (Å²) in [5, 5.41) is 0. The van der Waals surface area contributed by atoms with E-state index in [2.05, 4.69) is 0 Å². The minimum absolute atomic E-state index is 0.0836. The normalized spacial score (nSPS) is 14.6. The Hall–Kier alpha value is -2.36. The van der Waals surface area contributed by atoms with Gasteiger partial charge in [-0.25, -0.2) is 0 Å². The van der Waals surface area contributed by atoms with Gasteiger partial charge < -0.3 is 0 Å². The van der Waals surface area contributed by atoms with Crippen molar-refractivity contribution < 1.29 is 19.1 Å². The molecular formula is C24H18O4Se2. The number of ether oxygens (including phenoxy) is 2. The van der Waals surface area contributed by atoms with Crippen LogP contribution in [0.4, 0.5) is 0 Å². The van der Waals surface area contributed by atoms with Crippen LogP contribution in [0.2, 0.25) is 0 Å². The Balaban J connectivity index is 1.80. The molecule has 6 heteroatoms. The maximum atomic E-state index is 13.1. The van der Waals surface area contributed by atoms with Crippen LogP contribution in [0.3, 0.4) is 0 Å². The molecule has 4 nitrogen and oxygen atoms in total. The Bertz CT molecular complexity index is 1130. The first kappa shape index (κ1) is 19.6. The predicted octanol–water partition coefficient (Wildman–Crippen LogP) is 0.491. The number of hydrogen-bond acceptors (Lipinski definition) is 4. The second kappa shape index (κ2) is 7.72. The van der Waals surface area contributed by atoms with Crippen molar-refractivity contribution in [3.8, 4) is 11.5 Å². The van der Waals surface area contributed by atoms with E-state index in [0.29, 0.717) is 5.75 Å². The molecule has 0 fully saturated rings. The van der Waals surface area contributed by atoms with Crippen molar-refractivity contribution in [2.24, 2.45) is 0 Å². The minimum atomic E-state index is -0.0996. The number of Topliss-reactive ketones (excluding diaryl/α,β-unsaturated/α-hetero) is 2. The zero-order valence-corrected chi connectivity index (χ0v) is 19.9. The Morgan fingerprint density at radius 3 is 1.53 bits per heavy atom. The van der Waals surface area contributed by atoms with Crippen LogP contribution in [0.15, 0.2) is 48.5 Å². The van der Waals surface area contributed by atoms with E-state index in [4.69, 9.17) is 9.47 Å². The molecule has 0 unspecified atom stereocenters. The van der Waals surface area contributed by atoms with Gasteiger partial charge in [-0.05, 0) is 0 Å². The molecule has 3 aromatic rings. The van der Waals surface area contributed by atoms with Crippen molar-refractivity contribution in [3.05, 3.63) is 70.8 Å². The number of methoxy groups -OCH3 is 2. The predicted molar refractivity (Wildman–Crippen MR) is 119 cm³/mol. The van der Waals surface area contributed by atoms with Gasteiger partial charge in [0.25, 0.3) is 0 Å². The van der Waals surface area contributed by atoms with Crippen molar-refractivity contribution in [2.75, 3.05) is 14.2 Å². The fourth-order valence-corrected chi connectivity index (χ4v) is 9.50. The second-order valence-electron chi connectivity index (χ2n) is 7.08. The number of fused-ring (bicyclic) bond motifs is 4. The van der Waals surface area contributed by atoms with E-state index in [-0.39, 0.29) is 54.3 Å². The van der Waals surface area contributed by atoms with E-state index in [1.165, 1.54) is 0 Å². The Labute approximate surface area is 187 Å². The van der Waals surface area contributed by atoms with E-state index in [0.717, 1.165) is 45.9 Å². The summed E-state index contributed by atoms with van der Waals surface area (Å²) in [5.74, 6) is 1.68. The molecule has 0 saturated heterocycles. The van der Waals surface area contributed by atoms with Crippen LogP contribution in [-0.2, 0) is 12.8 Å². The summed E-state index contributed by atoms with van der Waals surface area (Å²) in [5.41, 5.74) is 3.31. The van der Waals surface area contributed by atoms with Crippen LogP contribution in [0.5, 0.6) is 11.5 Å². The molecule has 0 bridgehead atoms. The van der Waals surface area contributed by atoms with Crippen LogP contribution >= 0.6 is 0 Å². The molecule has 30 heavy (non-hydrogen) atoms. The van der Waals surface area contributed by atoms with Gasteiger partial charge in [0.15, 0.2) is 0 Å². The van der Waals surface area contributed by atoms with Gasteiger partial charge in [-0.15, -0.1) is 0 Å². The number of ketones is 2. The van der Waals surface area contributed by atoms with Crippen molar-refractivity contribution in [3.63, 3.8) is 0 Å². The van der Waals surface area contributed by atoms with E-state index in [1.54, 1.807) is 14.2 Å². The van der Waals surface area contributed by atoms with Gasteiger partial charge >= 0.3 is 188 Å². The molecule has 0 N–H and O–H groups in total.